The van der Waals surface area contributed by atoms with Gasteiger partial charge in [-0.2, -0.15) is 0 Å². The second-order valence-corrected chi connectivity index (χ2v) is 15.4. The Kier molecular flexibility index (Phi) is 5.68. The lowest BCUT2D eigenvalue weighted by Crippen LogP contribution is -2.52. The van der Waals surface area contributed by atoms with Crippen molar-refractivity contribution >= 4 is 50.8 Å². The molecule has 39 heavy (non-hydrogen) atoms. The van der Waals surface area contributed by atoms with E-state index in [2.05, 4.69) is 159 Å². The van der Waals surface area contributed by atoms with Crippen LogP contribution in [0.3, 0.4) is 0 Å². The molecule has 7 aromatic carbocycles. The van der Waals surface area contributed by atoms with Gasteiger partial charge in [-0.15, -0.1) is 0 Å². The summed E-state index contributed by atoms with van der Waals surface area (Å²) in [4.78, 5) is 0. The van der Waals surface area contributed by atoms with Gasteiger partial charge in [-0.25, -0.2) is 0 Å². The Morgan fingerprint density at radius 1 is 0.359 bits per heavy atom. The normalized spacial score (nSPS) is 11.8. The molecular weight excluding hydrogens is 485 g/mol. The van der Waals surface area contributed by atoms with Gasteiger partial charge in [0, 0.05) is 0 Å². The zero-order valence-electron chi connectivity index (χ0n) is 22.4. The van der Waals surface area contributed by atoms with Gasteiger partial charge < -0.3 is 0 Å². The Bertz CT molecular complexity index is 1910. The standard InChI is InChI=1S/C38H30Si/c1-39(2,32-25-20-27-12-6-7-15-30(27)26-32)31-23-21-29(22-24-31)38-35-18-10-8-16-33(35)37(28-13-4-3-5-14-28)34-17-9-11-19-36(34)38/h3-26H,1-2H3. The predicted molar refractivity (Wildman–Crippen MR) is 173 cm³/mol. The molecule has 0 unspecified atom stereocenters. The van der Waals surface area contributed by atoms with Crippen molar-refractivity contribution in [3.63, 3.8) is 0 Å². The van der Waals surface area contributed by atoms with Gasteiger partial charge in [0.2, 0.25) is 0 Å². The SMILES string of the molecule is C[Si](C)(c1ccc(-c2c3ccccc3c(-c3ccccc3)c3ccccc23)cc1)c1ccc2ccccc2c1. The molecule has 0 aliphatic heterocycles. The maximum atomic E-state index is 2.46. The van der Waals surface area contributed by atoms with E-state index in [1.165, 1.54) is 64.9 Å². The summed E-state index contributed by atoms with van der Waals surface area (Å²) in [5, 5.41) is 10.7. The molecule has 1 heteroatoms. The highest BCUT2D eigenvalue weighted by atomic mass is 28.3. The highest BCUT2D eigenvalue weighted by Gasteiger charge is 2.26. The maximum absolute atomic E-state index is 2.46. The Morgan fingerprint density at radius 2 is 0.795 bits per heavy atom. The van der Waals surface area contributed by atoms with Gasteiger partial charge >= 0.3 is 0 Å². The maximum Gasteiger partial charge on any atom is 0.112 e. The molecular formula is C38H30Si. The monoisotopic (exact) mass is 514 g/mol. The fraction of sp³-hybridized carbons (Fsp3) is 0.0526. The molecule has 0 aromatic heterocycles. The first-order chi connectivity index (χ1) is 19.1. The molecule has 0 fully saturated rings. The van der Waals surface area contributed by atoms with Crippen molar-refractivity contribution in [2.45, 2.75) is 13.1 Å². The number of hydrogen-bond acceptors (Lipinski definition) is 0. The van der Waals surface area contributed by atoms with Gasteiger partial charge in [0.05, 0.1) is 0 Å². The van der Waals surface area contributed by atoms with Gasteiger partial charge in [-0.1, -0.05) is 169 Å². The van der Waals surface area contributed by atoms with Gasteiger partial charge in [0.15, 0.2) is 0 Å². The molecule has 0 aliphatic carbocycles. The highest BCUT2D eigenvalue weighted by Crippen LogP contribution is 2.43. The average molecular weight is 515 g/mol. The number of rotatable bonds is 4. The second-order valence-electron chi connectivity index (χ2n) is 11.0. The van der Waals surface area contributed by atoms with Crippen LogP contribution in [0.4, 0.5) is 0 Å². The Labute approximate surface area is 231 Å². The summed E-state index contributed by atoms with van der Waals surface area (Å²) in [7, 11) is -1.86. The van der Waals surface area contributed by atoms with Crippen molar-refractivity contribution in [3.8, 4) is 22.3 Å². The molecule has 0 atom stereocenters. The van der Waals surface area contributed by atoms with E-state index in [1.807, 2.05) is 0 Å². The van der Waals surface area contributed by atoms with Crippen LogP contribution in [0.5, 0.6) is 0 Å². The lowest BCUT2D eigenvalue weighted by atomic mass is 9.86. The van der Waals surface area contributed by atoms with Crippen LogP contribution >= 0.6 is 0 Å². The van der Waals surface area contributed by atoms with Crippen LogP contribution in [-0.2, 0) is 0 Å². The van der Waals surface area contributed by atoms with Crippen LogP contribution in [0.15, 0.2) is 146 Å². The molecule has 186 valence electrons. The number of hydrogen-bond donors (Lipinski definition) is 0. The van der Waals surface area contributed by atoms with E-state index < -0.39 is 8.07 Å². The van der Waals surface area contributed by atoms with Crippen LogP contribution < -0.4 is 10.4 Å². The summed E-state index contributed by atoms with van der Waals surface area (Å²) in [6, 6.07) is 53.7. The molecule has 0 nitrogen and oxygen atoms in total. The molecule has 0 spiro atoms. The van der Waals surface area contributed by atoms with Crippen LogP contribution in [0.25, 0.3) is 54.6 Å². The summed E-state index contributed by atoms with van der Waals surface area (Å²) >= 11 is 0. The molecule has 0 bridgehead atoms. The van der Waals surface area contributed by atoms with E-state index in [4.69, 9.17) is 0 Å². The first-order valence-electron chi connectivity index (χ1n) is 13.7. The van der Waals surface area contributed by atoms with Gasteiger partial charge in [0.1, 0.15) is 8.07 Å². The zero-order chi connectivity index (χ0) is 26.4. The smallest absolute Gasteiger partial charge is 0.0622 e. The minimum Gasteiger partial charge on any atom is -0.0622 e. The minimum atomic E-state index is -1.86. The molecule has 7 rings (SSSR count). The average Bonchev–Trinajstić information content (AvgIpc) is 3.00. The highest BCUT2D eigenvalue weighted by molar-refractivity contribution is 7.00. The largest absolute Gasteiger partial charge is 0.112 e. The molecule has 7 aromatic rings. The van der Waals surface area contributed by atoms with Gasteiger partial charge in [0.25, 0.3) is 0 Å². The lowest BCUT2D eigenvalue weighted by molar-refractivity contribution is 1.65. The van der Waals surface area contributed by atoms with Crippen molar-refractivity contribution in [3.05, 3.63) is 146 Å². The van der Waals surface area contributed by atoms with Gasteiger partial charge in [-0.3, -0.25) is 0 Å². The van der Waals surface area contributed by atoms with E-state index in [9.17, 15) is 0 Å². The first-order valence-corrected chi connectivity index (χ1v) is 16.7. The third-order valence-corrected chi connectivity index (χ3v) is 11.9. The van der Waals surface area contributed by atoms with Crippen LogP contribution in [0.2, 0.25) is 13.1 Å². The first kappa shape index (κ1) is 23.6. The van der Waals surface area contributed by atoms with Gasteiger partial charge in [-0.05, 0) is 54.6 Å². The van der Waals surface area contributed by atoms with Crippen LogP contribution in [0.1, 0.15) is 0 Å². The van der Waals surface area contributed by atoms with Crippen LogP contribution in [0, 0.1) is 0 Å². The third-order valence-electron chi connectivity index (χ3n) is 8.36. The molecule has 0 amide bonds. The third kappa shape index (κ3) is 3.98. The summed E-state index contributed by atoms with van der Waals surface area (Å²) in [5.74, 6) is 0. The van der Waals surface area contributed by atoms with Crippen molar-refractivity contribution in [2.75, 3.05) is 0 Å². The molecule has 0 N–H and O–H groups in total. The molecule has 0 saturated heterocycles. The van der Waals surface area contributed by atoms with E-state index in [-0.39, 0.29) is 0 Å². The Balaban J connectivity index is 1.39. The topological polar surface area (TPSA) is 0 Å². The summed E-state index contributed by atoms with van der Waals surface area (Å²) in [6.45, 7) is 4.93. The molecule has 0 radical (unpaired) electrons. The van der Waals surface area contributed by atoms with E-state index >= 15 is 0 Å². The molecule has 0 aliphatic rings. The zero-order valence-corrected chi connectivity index (χ0v) is 23.4. The number of benzene rings is 7. The van der Waals surface area contributed by atoms with E-state index in [0.29, 0.717) is 0 Å². The Morgan fingerprint density at radius 3 is 1.36 bits per heavy atom. The fourth-order valence-corrected chi connectivity index (χ4v) is 8.50. The fourth-order valence-electron chi connectivity index (χ4n) is 6.15. The number of fused-ring (bicyclic) bond motifs is 3. The molecule has 0 saturated carbocycles. The lowest BCUT2D eigenvalue weighted by Gasteiger charge is -2.25. The molecule has 0 heterocycles. The summed E-state index contributed by atoms with van der Waals surface area (Å²) < 4.78 is 0. The van der Waals surface area contributed by atoms with Crippen molar-refractivity contribution in [2.24, 2.45) is 0 Å². The van der Waals surface area contributed by atoms with E-state index in [0.717, 1.165) is 0 Å². The minimum absolute atomic E-state index is 1.26. The van der Waals surface area contributed by atoms with E-state index in [1.54, 1.807) is 0 Å². The van der Waals surface area contributed by atoms with Crippen molar-refractivity contribution in [1.82, 2.24) is 0 Å². The quantitative estimate of drug-likeness (QED) is 0.162. The predicted octanol–water partition coefficient (Wildman–Crippen LogP) is 9.30. The van der Waals surface area contributed by atoms with Crippen molar-refractivity contribution < 1.29 is 0 Å². The Hall–Kier alpha value is -4.46. The second kappa shape index (κ2) is 9.38. The summed E-state index contributed by atoms with van der Waals surface area (Å²) in [6.07, 6.45) is 0. The summed E-state index contributed by atoms with van der Waals surface area (Å²) in [5.41, 5.74) is 5.16. The van der Waals surface area contributed by atoms with Crippen LogP contribution in [-0.4, -0.2) is 8.07 Å². The van der Waals surface area contributed by atoms with Crippen molar-refractivity contribution in [1.29, 1.82) is 0 Å².